The fourth-order valence-electron chi connectivity index (χ4n) is 8.56. The molecule has 0 bridgehead atoms. The van der Waals surface area contributed by atoms with E-state index in [1.807, 2.05) is 20.2 Å². The number of nitrogens with zero attached hydrogens (tertiary/aromatic N) is 2. The first-order valence-corrected chi connectivity index (χ1v) is 19.0. The van der Waals surface area contributed by atoms with Crippen LogP contribution >= 0.6 is 0 Å². The summed E-state index contributed by atoms with van der Waals surface area (Å²) >= 11 is 0. The Morgan fingerprint density at radius 3 is 1.43 bits per heavy atom. The lowest BCUT2D eigenvalue weighted by Gasteiger charge is -2.57. The number of likely N-dealkylation sites (tertiary alicyclic amines) is 2. The second-order valence-corrected chi connectivity index (χ2v) is 20.5. The van der Waals surface area contributed by atoms with Crippen LogP contribution in [0, 0.1) is 5.41 Å². The second-order valence-electron chi connectivity index (χ2n) is 20.5. The zero-order valence-electron chi connectivity index (χ0n) is 34.7. The van der Waals surface area contributed by atoms with E-state index < -0.39 is 17.4 Å². The van der Waals surface area contributed by atoms with Gasteiger partial charge in [0.05, 0.1) is 0 Å². The van der Waals surface area contributed by atoms with Crippen LogP contribution in [0.15, 0.2) is 12.1 Å². The van der Waals surface area contributed by atoms with Crippen molar-refractivity contribution in [2.75, 3.05) is 14.1 Å². The molecule has 2 fully saturated rings. The van der Waals surface area contributed by atoms with E-state index in [0.717, 1.165) is 56.1 Å². The van der Waals surface area contributed by atoms with Gasteiger partial charge < -0.3 is 5.11 Å². The van der Waals surface area contributed by atoms with E-state index in [1.165, 1.54) is 0 Å². The van der Waals surface area contributed by atoms with Crippen LogP contribution in [0.25, 0.3) is 0 Å². The highest BCUT2D eigenvalue weighted by Crippen LogP contribution is 2.50. The highest BCUT2D eigenvalue weighted by Gasteiger charge is 2.64. The third-order valence-electron chi connectivity index (χ3n) is 13.4. The molecule has 1 aromatic rings. The number of rotatable bonds is 9. The molecule has 2 heterocycles. The molecule has 1 N–H and O–H groups in total. The largest absolute Gasteiger partial charge is 0.507 e. The first-order valence-electron chi connectivity index (χ1n) is 19.0. The molecular weight excluding hydrogens is 612 g/mol. The monoisotopic (exact) mass is 687 g/mol. The van der Waals surface area contributed by atoms with Gasteiger partial charge in [-0.05, 0) is 102 Å². The molecule has 280 valence electrons. The summed E-state index contributed by atoms with van der Waals surface area (Å²) in [5, 5.41) is 12.0. The maximum absolute atomic E-state index is 15.4. The Bertz CT molecular complexity index is 1300. The molecule has 49 heavy (non-hydrogen) atoms. The summed E-state index contributed by atoms with van der Waals surface area (Å²) in [7, 11) is 4.01. The molecule has 0 saturated carbocycles. The predicted molar refractivity (Wildman–Crippen MR) is 200 cm³/mol. The number of hydrogen-bond acceptors (Lipinski definition) is 5. The van der Waals surface area contributed by atoms with E-state index >= 15 is 9.59 Å². The number of phenolic OH excluding ortho intramolecular Hbond substituents is 1. The molecule has 0 atom stereocenters. The first-order chi connectivity index (χ1) is 21.9. The van der Waals surface area contributed by atoms with E-state index in [-0.39, 0.29) is 60.9 Å². The molecule has 0 radical (unpaired) electrons. The maximum Gasteiger partial charge on any atom is 0.384 e. The number of quaternary nitrogens is 2. The summed E-state index contributed by atoms with van der Waals surface area (Å²) in [6.07, 6.45) is 7.33. The Labute approximate surface area is 300 Å². The van der Waals surface area contributed by atoms with Gasteiger partial charge in [-0.2, -0.15) is 0 Å². The van der Waals surface area contributed by atoms with Gasteiger partial charge in [-0.3, -0.25) is 9.68 Å². The standard InChI is InChI=1S/C42H73N2O5/c1-18-19-26-42(34(46)48-43(16)38(8,9)22-20-23-39(43,10)11,35(47)49-44(17)40(12,13)24-21-25-41(44,14)15)29-30-27-31(36(2,3)4)28-32(33(30)45)37(5,6)7/h27-28H,18-26,29H2,1-17H3/q+1/p+1. The van der Waals surface area contributed by atoms with E-state index in [4.69, 9.17) is 9.68 Å². The normalized spacial score (nSPS) is 22.6. The lowest BCUT2D eigenvalue weighted by Crippen LogP contribution is -2.73. The molecule has 1 aromatic carbocycles. The first kappa shape index (κ1) is 41.3. The van der Waals surface area contributed by atoms with Crippen molar-refractivity contribution in [1.29, 1.82) is 0 Å². The molecular formula is C42H74N2O5+2. The van der Waals surface area contributed by atoms with Crippen molar-refractivity contribution in [1.82, 2.24) is 0 Å². The summed E-state index contributed by atoms with van der Waals surface area (Å²) < 4.78 is 0.120. The number of carbonyl (C=O) groups excluding carboxylic acids is 2. The fraction of sp³-hybridized carbons (Fsp3) is 0.810. The zero-order valence-corrected chi connectivity index (χ0v) is 34.7. The van der Waals surface area contributed by atoms with Crippen LogP contribution in [0.1, 0.15) is 178 Å². The fourth-order valence-corrected chi connectivity index (χ4v) is 8.56. The molecule has 0 spiro atoms. The third kappa shape index (κ3) is 7.32. The topological polar surface area (TPSA) is 72.8 Å². The average Bonchev–Trinajstić information content (AvgIpc) is 2.92. The molecule has 7 heteroatoms. The van der Waals surface area contributed by atoms with Gasteiger partial charge in [-0.25, -0.2) is 9.59 Å². The second kappa shape index (κ2) is 13.1. The van der Waals surface area contributed by atoms with Crippen molar-refractivity contribution in [3.8, 4) is 5.75 Å². The lowest BCUT2D eigenvalue weighted by atomic mass is 9.73. The van der Waals surface area contributed by atoms with Gasteiger partial charge in [0.1, 0.15) is 42.0 Å². The maximum atomic E-state index is 15.4. The Morgan fingerprint density at radius 2 is 1.10 bits per heavy atom. The number of phenols is 1. The minimum Gasteiger partial charge on any atom is -0.507 e. The molecule has 0 aliphatic carbocycles. The number of hydrogen-bond donors (Lipinski definition) is 1. The zero-order chi connectivity index (χ0) is 37.9. The van der Waals surface area contributed by atoms with Gasteiger partial charge in [0.25, 0.3) is 0 Å². The molecule has 0 amide bonds. The third-order valence-corrected chi connectivity index (χ3v) is 13.4. The van der Waals surface area contributed by atoms with Gasteiger partial charge in [-0.15, -0.1) is 9.29 Å². The summed E-state index contributed by atoms with van der Waals surface area (Å²) in [5.41, 5.74) is -1.34. The number of carbonyl (C=O) groups is 2. The van der Waals surface area contributed by atoms with Gasteiger partial charge in [0, 0.05) is 32.1 Å². The van der Waals surface area contributed by atoms with Crippen LogP contribution in [-0.2, 0) is 36.5 Å². The molecule has 2 aliphatic heterocycles. The Hall–Kier alpha value is -2.12. The van der Waals surface area contributed by atoms with Crippen LogP contribution in [-0.4, -0.2) is 62.6 Å². The van der Waals surface area contributed by atoms with Crippen LogP contribution in [0.4, 0.5) is 0 Å². The van der Waals surface area contributed by atoms with Crippen LogP contribution in [0.5, 0.6) is 5.75 Å². The smallest absolute Gasteiger partial charge is 0.384 e. The average molecular weight is 687 g/mol. The van der Waals surface area contributed by atoms with Gasteiger partial charge >= 0.3 is 11.9 Å². The van der Waals surface area contributed by atoms with Crippen LogP contribution < -0.4 is 0 Å². The van der Waals surface area contributed by atoms with Gasteiger partial charge in [0.2, 0.25) is 0 Å². The molecule has 2 saturated heterocycles. The van der Waals surface area contributed by atoms with Crippen molar-refractivity contribution in [3.05, 3.63) is 28.8 Å². The highest BCUT2D eigenvalue weighted by atomic mass is 16.8. The quantitative estimate of drug-likeness (QED) is 0.207. The summed E-state index contributed by atoms with van der Waals surface area (Å²) in [5.74, 6) is -0.984. The van der Waals surface area contributed by atoms with Crippen molar-refractivity contribution in [2.24, 2.45) is 5.41 Å². The van der Waals surface area contributed by atoms with Crippen molar-refractivity contribution >= 4 is 11.9 Å². The molecule has 0 unspecified atom stereocenters. The molecule has 0 aromatic heterocycles. The van der Waals surface area contributed by atoms with Crippen molar-refractivity contribution < 1.29 is 33.7 Å². The van der Waals surface area contributed by atoms with Crippen LogP contribution in [0.3, 0.4) is 0 Å². The van der Waals surface area contributed by atoms with E-state index in [0.29, 0.717) is 12.0 Å². The number of benzene rings is 1. The molecule has 3 rings (SSSR count). The Balaban J connectivity index is 2.37. The van der Waals surface area contributed by atoms with E-state index in [9.17, 15) is 5.11 Å². The minimum absolute atomic E-state index is 0.00872. The Kier molecular flexibility index (Phi) is 11.1. The van der Waals surface area contributed by atoms with Crippen molar-refractivity contribution in [3.63, 3.8) is 0 Å². The number of hydroxylamine groups is 6. The van der Waals surface area contributed by atoms with Crippen LogP contribution in [0.2, 0.25) is 0 Å². The number of aromatic hydroxyl groups is 1. The van der Waals surface area contributed by atoms with E-state index in [2.05, 4.69) is 110 Å². The van der Waals surface area contributed by atoms with Crippen molar-refractivity contribution in [2.45, 2.75) is 201 Å². The number of unbranched alkanes of at least 4 members (excludes halogenated alkanes) is 1. The minimum atomic E-state index is -1.69. The predicted octanol–water partition coefficient (Wildman–Crippen LogP) is 10.00. The summed E-state index contributed by atoms with van der Waals surface area (Å²) in [6, 6.07) is 4.08. The van der Waals surface area contributed by atoms with Gasteiger partial charge in [0.15, 0.2) is 5.41 Å². The number of piperidine rings is 2. The Morgan fingerprint density at radius 1 is 0.714 bits per heavy atom. The lowest BCUT2D eigenvalue weighted by molar-refractivity contribution is -1.15. The molecule has 2 aliphatic rings. The highest BCUT2D eigenvalue weighted by molar-refractivity contribution is 6.00. The molecule has 7 nitrogen and oxygen atoms in total. The summed E-state index contributed by atoms with van der Waals surface area (Å²) in [6.45, 7) is 32.1. The van der Waals surface area contributed by atoms with E-state index in [1.54, 1.807) is 0 Å². The summed E-state index contributed by atoms with van der Waals surface area (Å²) in [4.78, 5) is 44.4. The SMILES string of the molecule is CCCCC(Cc1cc(C(C)(C)C)cc(C(C)(C)C)c1O)(C(=O)O[N+]1(C)C(C)(C)CCCC1(C)C)C(=O)O[N+]1(C)C(C)(C)CCCC1(C)C. The van der Waals surface area contributed by atoms with Gasteiger partial charge in [-0.1, -0.05) is 73.4 Å².